The summed E-state index contributed by atoms with van der Waals surface area (Å²) >= 11 is 0. The van der Waals surface area contributed by atoms with Crippen LogP contribution in [0.2, 0.25) is 0 Å². The molecular weight excluding hydrogens is 260 g/mol. The van der Waals surface area contributed by atoms with Gasteiger partial charge in [-0.2, -0.15) is 0 Å². The van der Waals surface area contributed by atoms with Gasteiger partial charge in [0.05, 0.1) is 6.10 Å². The second-order valence-electron chi connectivity index (χ2n) is 8.89. The number of aliphatic hydroxyl groups is 1. The lowest BCUT2D eigenvalue weighted by molar-refractivity contribution is -0.119. The number of aliphatic hydroxyl groups excluding tert-OH is 1. The van der Waals surface area contributed by atoms with Crippen LogP contribution in [-0.4, -0.2) is 17.0 Å². The first kappa shape index (κ1) is 14.2. The first-order valence-corrected chi connectivity index (χ1v) is 9.20. The van der Waals surface area contributed by atoms with Gasteiger partial charge in [0.2, 0.25) is 0 Å². The number of hydrogen-bond acceptors (Lipinski definition) is 2. The molecule has 0 aliphatic heterocycles. The average molecular weight is 290 g/mol. The van der Waals surface area contributed by atoms with E-state index in [4.69, 9.17) is 0 Å². The molecule has 0 aromatic heterocycles. The summed E-state index contributed by atoms with van der Waals surface area (Å²) in [6, 6.07) is 0. The average Bonchev–Trinajstić information content (AvgIpc) is 2.91. The van der Waals surface area contributed by atoms with Crippen LogP contribution in [0.3, 0.4) is 0 Å². The van der Waals surface area contributed by atoms with Crippen molar-refractivity contribution in [3.05, 3.63) is 0 Å². The van der Waals surface area contributed by atoms with E-state index in [9.17, 15) is 9.90 Å². The lowest BCUT2D eigenvalue weighted by Gasteiger charge is -2.46. The standard InChI is InChI=1S/C19H30O2/c1-11-9-12(20)3-4-13-14-7-8-19(2)17(5-6-18(19)21)16(14)10-15(11)13/h11,13-18,21H,3-10H2,1-2H3/t11-,13-,14+,15-,16+,17-,18-,19-/m0/s1. The van der Waals surface area contributed by atoms with Gasteiger partial charge in [-0.3, -0.25) is 4.79 Å². The molecule has 4 fully saturated rings. The number of ketones is 1. The molecule has 2 nitrogen and oxygen atoms in total. The molecule has 0 unspecified atom stereocenters. The highest BCUT2D eigenvalue weighted by Crippen LogP contribution is 2.64. The van der Waals surface area contributed by atoms with Crippen molar-refractivity contribution < 1.29 is 9.90 Å². The highest BCUT2D eigenvalue weighted by Gasteiger charge is 2.58. The molecule has 21 heavy (non-hydrogen) atoms. The van der Waals surface area contributed by atoms with Crippen molar-refractivity contribution in [1.29, 1.82) is 0 Å². The number of carbonyl (C=O) groups is 1. The number of rotatable bonds is 0. The van der Waals surface area contributed by atoms with E-state index in [1.807, 2.05) is 0 Å². The van der Waals surface area contributed by atoms with Crippen LogP contribution >= 0.6 is 0 Å². The van der Waals surface area contributed by atoms with Crippen LogP contribution in [0.15, 0.2) is 0 Å². The van der Waals surface area contributed by atoms with Gasteiger partial charge in [0.25, 0.3) is 0 Å². The third kappa shape index (κ3) is 1.97. The molecule has 0 saturated heterocycles. The fourth-order valence-corrected chi connectivity index (χ4v) is 6.99. The van der Waals surface area contributed by atoms with Crippen LogP contribution in [-0.2, 0) is 4.79 Å². The maximum absolute atomic E-state index is 11.9. The zero-order valence-corrected chi connectivity index (χ0v) is 13.6. The van der Waals surface area contributed by atoms with Crippen LogP contribution in [0.1, 0.15) is 65.2 Å². The molecule has 4 aliphatic rings. The van der Waals surface area contributed by atoms with Crippen LogP contribution in [0.4, 0.5) is 0 Å². The van der Waals surface area contributed by atoms with Crippen molar-refractivity contribution in [3.8, 4) is 0 Å². The molecule has 1 N–H and O–H groups in total. The second-order valence-corrected chi connectivity index (χ2v) is 8.89. The molecule has 0 radical (unpaired) electrons. The second kappa shape index (κ2) is 4.81. The Bertz CT molecular complexity index is 445. The zero-order valence-electron chi connectivity index (χ0n) is 13.6. The highest BCUT2D eigenvalue weighted by molar-refractivity contribution is 5.78. The SMILES string of the molecule is C[C@H]1CC(=O)CC[C@H]2[C@H]3CC[C@]4(C)[C@@H](O)CC[C@H]4[C@@H]3C[C@H]21. The Labute approximate surface area is 128 Å². The van der Waals surface area contributed by atoms with Gasteiger partial charge in [0.15, 0.2) is 0 Å². The summed E-state index contributed by atoms with van der Waals surface area (Å²) in [4.78, 5) is 11.9. The molecule has 4 rings (SSSR count). The topological polar surface area (TPSA) is 37.3 Å². The minimum absolute atomic E-state index is 0.0622. The smallest absolute Gasteiger partial charge is 0.133 e. The van der Waals surface area contributed by atoms with E-state index in [0.717, 1.165) is 55.3 Å². The summed E-state index contributed by atoms with van der Waals surface area (Å²) in [5, 5.41) is 10.4. The minimum atomic E-state index is -0.0622. The summed E-state index contributed by atoms with van der Waals surface area (Å²) in [7, 11) is 0. The number of Topliss-reactive ketones (excluding diaryl/α,β-unsaturated/α-hetero) is 1. The maximum Gasteiger partial charge on any atom is 0.133 e. The Kier molecular flexibility index (Phi) is 3.26. The van der Waals surface area contributed by atoms with Crippen LogP contribution in [0.5, 0.6) is 0 Å². The third-order valence-corrected chi connectivity index (χ3v) is 8.12. The Hall–Kier alpha value is -0.370. The quantitative estimate of drug-likeness (QED) is 0.736. The molecule has 0 aromatic rings. The van der Waals surface area contributed by atoms with E-state index in [1.165, 1.54) is 25.7 Å². The first-order chi connectivity index (χ1) is 10.0. The van der Waals surface area contributed by atoms with Gasteiger partial charge in [-0.1, -0.05) is 13.8 Å². The molecule has 118 valence electrons. The van der Waals surface area contributed by atoms with Gasteiger partial charge in [-0.25, -0.2) is 0 Å². The van der Waals surface area contributed by atoms with E-state index >= 15 is 0 Å². The molecule has 0 bridgehead atoms. The van der Waals surface area contributed by atoms with E-state index in [0.29, 0.717) is 11.7 Å². The van der Waals surface area contributed by atoms with Gasteiger partial charge in [-0.15, -0.1) is 0 Å². The van der Waals surface area contributed by atoms with Crippen molar-refractivity contribution >= 4 is 5.78 Å². The third-order valence-electron chi connectivity index (χ3n) is 8.12. The highest BCUT2D eigenvalue weighted by atomic mass is 16.3. The molecular formula is C19H30O2. The number of hydrogen-bond donors (Lipinski definition) is 1. The fourth-order valence-electron chi connectivity index (χ4n) is 6.99. The summed E-state index contributed by atoms with van der Waals surface area (Å²) in [6.07, 6.45) is 8.87. The van der Waals surface area contributed by atoms with Crippen LogP contribution < -0.4 is 0 Å². The number of carbonyl (C=O) groups excluding carboxylic acids is 1. The predicted molar refractivity (Wildman–Crippen MR) is 82.7 cm³/mol. The molecule has 0 spiro atoms. The van der Waals surface area contributed by atoms with Crippen LogP contribution in [0, 0.1) is 40.9 Å². The fraction of sp³-hybridized carbons (Fsp3) is 0.947. The first-order valence-electron chi connectivity index (χ1n) is 9.20. The van der Waals surface area contributed by atoms with E-state index in [1.54, 1.807) is 0 Å². The molecule has 4 aliphatic carbocycles. The largest absolute Gasteiger partial charge is 0.393 e. The molecule has 0 amide bonds. The van der Waals surface area contributed by atoms with Gasteiger partial charge in [0.1, 0.15) is 5.78 Å². The summed E-state index contributed by atoms with van der Waals surface area (Å²) < 4.78 is 0. The van der Waals surface area contributed by atoms with Gasteiger partial charge < -0.3 is 5.11 Å². The lowest BCUT2D eigenvalue weighted by Crippen LogP contribution is -2.42. The van der Waals surface area contributed by atoms with E-state index in [-0.39, 0.29) is 11.5 Å². The normalized spacial score (nSPS) is 56.5. The Morgan fingerprint density at radius 2 is 1.81 bits per heavy atom. The van der Waals surface area contributed by atoms with Crippen LogP contribution in [0.25, 0.3) is 0 Å². The van der Waals surface area contributed by atoms with Crippen molar-refractivity contribution in [3.63, 3.8) is 0 Å². The molecule has 2 heteroatoms. The maximum atomic E-state index is 11.9. The Balaban J connectivity index is 1.61. The summed E-state index contributed by atoms with van der Waals surface area (Å²) in [5.41, 5.74) is 0.198. The van der Waals surface area contributed by atoms with Gasteiger partial charge >= 0.3 is 0 Å². The predicted octanol–water partition coefficient (Wildman–Crippen LogP) is 3.82. The molecule has 0 aromatic carbocycles. The Morgan fingerprint density at radius 3 is 2.62 bits per heavy atom. The summed E-state index contributed by atoms with van der Waals surface area (Å²) in [5.74, 6) is 5.13. The van der Waals surface area contributed by atoms with Gasteiger partial charge in [-0.05, 0) is 79.4 Å². The molecule has 8 atom stereocenters. The monoisotopic (exact) mass is 290 g/mol. The zero-order chi connectivity index (χ0) is 14.8. The van der Waals surface area contributed by atoms with Crippen molar-refractivity contribution in [2.75, 3.05) is 0 Å². The van der Waals surface area contributed by atoms with Crippen molar-refractivity contribution in [1.82, 2.24) is 0 Å². The van der Waals surface area contributed by atoms with Gasteiger partial charge in [0, 0.05) is 12.8 Å². The molecule has 0 heterocycles. The number of fused-ring (bicyclic) bond motifs is 5. The minimum Gasteiger partial charge on any atom is -0.393 e. The lowest BCUT2D eigenvalue weighted by atomic mass is 9.59. The Morgan fingerprint density at radius 1 is 1.05 bits per heavy atom. The summed E-state index contributed by atoms with van der Waals surface area (Å²) in [6.45, 7) is 4.67. The van der Waals surface area contributed by atoms with E-state index in [2.05, 4.69) is 13.8 Å². The van der Waals surface area contributed by atoms with Crippen molar-refractivity contribution in [2.45, 2.75) is 71.3 Å². The molecule has 4 saturated carbocycles. The van der Waals surface area contributed by atoms with Crippen molar-refractivity contribution in [2.24, 2.45) is 40.9 Å². The van der Waals surface area contributed by atoms with E-state index < -0.39 is 0 Å².